The van der Waals surface area contributed by atoms with E-state index in [-0.39, 0.29) is 17.4 Å². The van der Waals surface area contributed by atoms with Gasteiger partial charge in [0.1, 0.15) is 5.82 Å². The van der Waals surface area contributed by atoms with Gasteiger partial charge in [0.05, 0.1) is 17.3 Å². The van der Waals surface area contributed by atoms with E-state index >= 15 is 0 Å². The number of aromatic nitrogens is 3. The van der Waals surface area contributed by atoms with E-state index < -0.39 is 12.0 Å². The van der Waals surface area contributed by atoms with E-state index in [0.717, 1.165) is 0 Å². The van der Waals surface area contributed by atoms with E-state index in [2.05, 4.69) is 20.3 Å². The average Bonchev–Trinajstić information content (AvgIpc) is 2.54. The molecule has 1 N–H and O–H groups in total. The van der Waals surface area contributed by atoms with Crippen LogP contribution in [0.5, 0.6) is 0 Å². The van der Waals surface area contributed by atoms with Crippen LogP contribution in [0.4, 0.5) is 19.0 Å². The van der Waals surface area contributed by atoms with Crippen molar-refractivity contribution in [3.05, 3.63) is 60.2 Å². The molecule has 0 unspecified atom stereocenters. The lowest BCUT2D eigenvalue weighted by atomic mass is 10.2. The van der Waals surface area contributed by atoms with Crippen molar-refractivity contribution in [3.63, 3.8) is 0 Å². The third-order valence-corrected chi connectivity index (χ3v) is 3.34. The van der Waals surface area contributed by atoms with Crippen LogP contribution in [-0.2, 0) is 6.18 Å². The van der Waals surface area contributed by atoms with Gasteiger partial charge in [-0.15, -0.1) is 0 Å². The lowest BCUT2D eigenvalue weighted by molar-refractivity contribution is -0.144. The zero-order valence-electron chi connectivity index (χ0n) is 12.2. The molecule has 23 heavy (non-hydrogen) atoms. The smallest absolute Gasteiger partial charge is 0.361 e. The number of para-hydroxylation sites is 1. The van der Waals surface area contributed by atoms with E-state index in [9.17, 15) is 13.2 Å². The first kappa shape index (κ1) is 15.2. The molecule has 7 heteroatoms. The number of halogens is 3. The van der Waals surface area contributed by atoms with Gasteiger partial charge in [-0.25, -0.2) is 9.97 Å². The van der Waals surface area contributed by atoms with Crippen LogP contribution >= 0.6 is 0 Å². The number of anilines is 1. The number of benzene rings is 1. The standard InChI is InChI=1S/C16H13F3N4/c1-10(12-7-4-5-9-20-12)21-14-11-6-2-3-8-13(11)22-15(23-14)16(17,18)19/h2-10H,1H3,(H,21,22,23)/t10-/m1/s1. The molecule has 3 rings (SSSR count). The molecule has 0 saturated heterocycles. The van der Waals surface area contributed by atoms with Gasteiger partial charge in [-0.2, -0.15) is 13.2 Å². The summed E-state index contributed by atoms with van der Waals surface area (Å²) in [6.45, 7) is 1.81. The van der Waals surface area contributed by atoms with E-state index in [0.29, 0.717) is 11.1 Å². The first-order valence-corrected chi connectivity index (χ1v) is 6.96. The number of nitrogens with one attached hydrogen (secondary N) is 1. The van der Waals surface area contributed by atoms with Gasteiger partial charge in [0, 0.05) is 11.6 Å². The Bertz CT molecular complexity index is 818. The van der Waals surface area contributed by atoms with Gasteiger partial charge in [-0.05, 0) is 31.2 Å². The number of hydrogen-bond acceptors (Lipinski definition) is 4. The van der Waals surface area contributed by atoms with E-state index in [1.54, 1.807) is 36.5 Å². The Morgan fingerprint density at radius 1 is 1.00 bits per heavy atom. The van der Waals surface area contributed by atoms with Crippen molar-refractivity contribution >= 4 is 16.7 Å². The Kier molecular flexibility index (Phi) is 3.85. The largest absolute Gasteiger partial charge is 0.451 e. The molecule has 0 aliphatic heterocycles. The topological polar surface area (TPSA) is 50.7 Å². The van der Waals surface area contributed by atoms with Crippen molar-refractivity contribution < 1.29 is 13.2 Å². The number of rotatable bonds is 3. The molecule has 0 bridgehead atoms. The van der Waals surface area contributed by atoms with Crippen LogP contribution in [0.2, 0.25) is 0 Å². The normalized spacial score (nSPS) is 13.0. The number of fused-ring (bicyclic) bond motifs is 1. The van der Waals surface area contributed by atoms with Crippen LogP contribution in [0.1, 0.15) is 24.5 Å². The summed E-state index contributed by atoms with van der Waals surface area (Å²) in [6.07, 6.45) is -2.97. The second-order valence-electron chi connectivity index (χ2n) is 5.03. The highest BCUT2D eigenvalue weighted by atomic mass is 19.4. The Hall–Kier alpha value is -2.70. The van der Waals surface area contributed by atoms with Crippen molar-refractivity contribution in [2.24, 2.45) is 0 Å². The minimum absolute atomic E-state index is 0.140. The minimum Gasteiger partial charge on any atom is -0.361 e. The van der Waals surface area contributed by atoms with E-state index in [1.165, 1.54) is 6.07 Å². The molecule has 3 aromatic rings. The monoisotopic (exact) mass is 318 g/mol. The average molecular weight is 318 g/mol. The van der Waals surface area contributed by atoms with E-state index in [1.807, 2.05) is 13.0 Å². The van der Waals surface area contributed by atoms with Crippen LogP contribution in [0.3, 0.4) is 0 Å². The highest BCUT2D eigenvalue weighted by molar-refractivity contribution is 5.89. The van der Waals surface area contributed by atoms with Crippen LogP contribution in [0.25, 0.3) is 10.9 Å². The Labute approximate surface area is 130 Å². The molecule has 0 fully saturated rings. The number of hydrogen-bond donors (Lipinski definition) is 1. The zero-order chi connectivity index (χ0) is 16.4. The maximum atomic E-state index is 13.0. The molecule has 0 amide bonds. The summed E-state index contributed by atoms with van der Waals surface area (Å²) in [6, 6.07) is 11.7. The lowest BCUT2D eigenvalue weighted by Crippen LogP contribution is -2.15. The van der Waals surface area contributed by atoms with E-state index in [4.69, 9.17) is 0 Å². The van der Waals surface area contributed by atoms with Gasteiger partial charge >= 0.3 is 6.18 Å². The van der Waals surface area contributed by atoms with Crippen LogP contribution < -0.4 is 5.32 Å². The van der Waals surface area contributed by atoms with Gasteiger partial charge in [0.15, 0.2) is 0 Å². The summed E-state index contributed by atoms with van der Waals surface area (Å²) in [5, 5.41) is 3.53. The second-order valence-corrected chi connectivity index (χ2v) is 5.03. The summed E-state index contributed by atoms with van der Waals surface area (Å²) >= 11 is 0. The quantitative estimate of drug-likeness (QED) is 0.785. The summed E-state index contributed by atoms with van der Waals surface area (Å²) in [5.41, 5.74) is 0.953. The Morgan fingerprint density at radius 2 is 1.74 bits per heavy atom. The number of alkyl halides is 3. The number of pyridine rings is 1. The Morgan fingerprint density at radius 3 is 2.43 bits per heavy atom. The molecule has 0 aliphatic carbocycles. The van der Waals surface area contributed by atoms with Gasteiger partial charge in [-0.1, -0.05) is 18.2 Å². The molecular formula is C16H13F3N4. The molecule has 2 aromatic heterocycles. The molecule has 1 aromatic carbocycles. The van der Waals surface area contributed by atoms with Crippen molar-refractivity contribution in [2.45, 2.75) is 19.1 Å². The lowest BCUT2D eigenvalue weighted by Gasteiger charge is -2.17. The van der Waals surface area contributed by atoms with Gasteiger partial charge in [0.2, 0.25) is 5.82 Å². The third-order valence-electron chi connectivity index (χ3n) is 3.34. The van der Waals surface area contributed by atoms with Gasteiger partial charge in [0.25, 0.3) is 0 Å². The maximum absolute atomic E-state index is 13.0. The summed E-state index contributed by atoms with van der Waals surface area (Å²) in [5.74, 6) is -1.02. The van der Waals surface area contributed by atoms with Crippen LogP contribution in [0, 0.1) is 0 Å². The second kappa shape index (κ2) is 5.83. The maximum Gasteiger partial charge on any atom is 0.451 e. The SMILES string of the molecule is C[C@@H](Nc1nc(C(F)(F)F)nc2ccccc12)c1ccccn1. The molecule has 0 spiro atoms. The number of nitrogens with zero attached hydrogens (tertiary/aromatic N) is 3. The highest BCUT2D eigenvalue weighted by Gasteiger charge is 2.35. The van der Waals surface area contributed by atoms with Crippen molar-refractivity contribution in [1.82, 2.24) is 15.0 Å². The first-order valence-electron chi connectivity index (χ1n) is 6.96. The molecule has 1 atom stereocenters. The molecule has 118 valence electrons. The first-order chi connectivity index (χ1) is 10.9. The molecule has 2 heterocycles. The van der Waals surface area contributed by atoms with Gasteiger partial charge in [-0.3, -0.25) is 4.98 Å². The summed E-state index contributed by atoms with van der Waals surface area (Å²) in [4.78, 5) is 11.5. The van der Waals surface area contributed by atoms with Gasteiger partial charge < -0.3 is 5.32 Å². The summed E-state index contributed by atoms with van der Waals surface area (Å²) < 4.78 is 39.0. The third kappa shape index (κ3) is 3.23. The highest BCUT2D eigenvalue weighted by Crippen LogP contribution is 2.31. The molecule has 4 nitrogen and oxygen atoms in total. The van der Waals surface area contributed by atoms with Crippen molar-refractivity contribution in [3.8, 4) is 0 Å². The predicted octanol–water partition coefficient (Wildman–Crippen LogP) is 4.22. The van der Waals surface area contributed by atoms with Crippen molar-refractivity contribution in [1.29, 1.82) is 0 Å². The Balaban J connectivity index is 2.05. The summed E-state index contributed by atoms with van der Waals surface area (Å²) in [7, 11) is 0. The molecule has 0 aliphatic rings. The van der Waals surface area contributed by atoms with Crippen LogP contribution in [-0.4, -0.2) is 15.0 Å². The fraction of sp³-hybridized carbons (Fsp3) is 0.188. The predicted molar refractivity (Wildman–Crippen MR) is 80.8 cm³/mol. The fourth-order valence-corrected chi connectivity index (χ4v) is 2.22. The zero-order valence-corrected chi connectivity index (χ0v) is 12.2. The fourth-order valence-electron chi connectivity index (χ4n) is 2.22. The molecular weight excluding hydrogens is 305 g/mol. The van der Waals surface area contributed by atoms with Crippen molar-refractivity contribution in [2.75, 3.05) is 5.32 Å². The minimum atomic E-state index is -4.60. The molecule has 0 saturated carbocycles. The van der Waals surface area contributed by atoms with Crippen LogP contribution in [0.15, 0.2) is 48.7 Å². The molecule has 0 radical (unpaired) electrons.